The third kappa shape index (κ3) is 2.70. The number of benzene rings is 3. The molecule has 0 fully saturated rings. The first-order chi connectivity index (χ1) is 13.7. The molecule has 0 saturated heterocycles. The minimum absolute atomic E-state index is 0.693. The highest BCUT2D eigenvalue weighted by Gasteiger charge is 2.14. The maximum atomic E-state index is 5.39. The van der Waals surface area contributed by atoms with Gasteiger partial charge in [-0.2, -0.15) is 0 Å². The number of fused-ring (bicyclic) bond motifs is 3. The lowest BCUT2D eigenvalue weighted by molar-refractivity contribution is 0.415. The van der Waals surface area contributed by atoms with E-state index in [0.717, 1.165) is 39.3 Å². The van der Waals surface area contributed by atoms with Crippen molar-refractivity contribution in [1.82, 2.24) is 14.4 Å². The van der Waals surface area contributed by atoms with E-state index in [0.29, 0.717) is 5.78 Å². The van der Waals surface area contributed by atoms with Gasteiger partial charge in [0.15, 0.2) is 0 Å². The molecule has 3 aromatic carbocycles. The molecule has 136 valence electrons. The maximum Gasteiger partial charge on any atom is 0.235 e. The van der Waals surface area contributed by atoms with E-state index < -0.39 is 0 Å². The van der Waals surface area contributed by atoms with Gasteiger partial charge in [0.05, 0.1) is 29.5 Å². The lowest BCUT2D eigenvalue weighted by Gasteiger charge is -2.11. The van der Waals surface area contributed by atoms with Crippen LogP contribution in [-0.2, 0) is 0 Å². The molecule has 0 bridgehead atoms. The van der Waals surface area contributed by atoms with Crippen LogP contribution in [0.25, 0.3) is 39.3 Å². The molecule has 0 atom stereocenters. The number of aromatic nitrogens is 3. The van der Waals surface area contributed by atoms with E-state index in [4.69, 9.17) is 14.7 Å². The van der Waals surface area contributed by atoms with Crippen molar-refractivity contribution in [3.05, 3.63) is 84.4 Å². The normalized spacial score (nSPS) is 11.2. The van der Waals surface area contributed by atoms with E-state index >= 15 is 0 Å². The summed E-state index contributed by atoms with van der Waals surface area (Å²) in [5.74, 6) is 1.50. The van der Waals surface area contributed by atoms with E-state index in [-0.39, 0.29) is 0 Å². The average molecular weight is 365 g/mol. The summed E-state index contributed by atoms with van der Waals surface area (Å²) in [6.07, 6.45) is 0. The number of nitrogens with zero attached hydrogens (tertiary/aromatic N) is 3. The molecule has 4 nitrogen and oxygen atoms in total. The van der Waals surface area contributed by atoms with E-state index in [1.807, 2.05) is 42.5 Å². The van der Waals surface area contributed by atoms with Crippen LogP contribution in [0.2, 0.25) is 0 Å². The second kappa shape index (κ2) is 6.50. The van der Waals surface area contributed by atoms with Crippen molar-refractivity contribution in [1.29, 1.82) is 0 Å². The van der Waals surface area contributed by atoms with Gasteiger partial charge in [0, 0.05) is 5.56 Å². The summed E-state index contributed by atoms with van der Waals surface area (Å²) in [6.45, 7) is 2.11. The van der Waals surface area contributed by atoms with Crippen LogP contribution < -0.4 is 4.74 Å². The number of para-hydroxylation sites is 2. The van der Waals surface area contributed by atoms with Crippen molar-refractivity contribution in [2.24, 2.45) is 0 Å². The molecule has 4 heteroatoms. The first-order valence-corrected chi connectivity index (χ1v) is 9.23. The van der Waals surface area contributed by atoms with Gasteiger partial charge in [0.2, 0.25) is 5.78 Å². The lowest BCUT2D eigenvalue weighted by Crippen LogP contribution is -1.98. The predicted octanol–water partition coefficient (Wildman–Crippen LogP) is 5.53. The monoisotopic (exact) mass is 365 g/mol. The Labute approximate surface area is 163 Å². The Morgan fingerprint density at radius 3 is 2.46 bits per heavy atom. The van der Waals surface area contributed by atoms with E-state index in [1.54, 1.807) is 7.11 Å². The zero-order valence-corrected chi connectivity index (χ0v) is 15.8. The summed E-state index contributed by atoms with van der Waals surface area (Å²) in [5, 5.41) is 0. The van der Waals surface area contributed by atoms with Crippen LogP contribution in [0.15, 0.2) is 78.9 Å². The number of aryl methyl sites for hydroxylation is 1. The van der Waals surface area contributed by atoms with Crippen LogP contribution in [0.4, 0.5) is 0 Å². The van der Waals surface area contributed by atoms with E-state index in [1.165, 1.54) is 5.56 Å². The Bertz CT molecular complexity index is 1320. The first-order valence-electron chi connectivity index (χ1n) is 9.23. The molecular weight excluding hydrogens is 346 g/mol. The molecule has 0 unspecified atom stereocenters. The summed E-state index contributed by atoms with van der Waals surface area (Å²) in [6, 6.07) is 26.8. The highest BCUT2D eigenvalue weighted by Crippen LogP contribution is 2.31. The number of methoxy groups -OCH3 is 1. The van der Waals surface area contributed by atoms with Crippen LogP contribution in [-0.4, -0.2) is 21.5 Å². The number of hydrogen-bond acceptors (Lipinski definition) is 3. The smallest absolute Gasteiger partial charge is 0.235 e. The minimum Gasteiger partial charge on any atom is -0.497 e. The van der Waals surface area contributed by atoms with Gasteiger partial charge in [0.1, 0.15) is 5.75 Å². The van der Waals surface area contributed by atoms with E-state index in [2.05, 4.69) is 47.7 Å². The minimum atomic E-state index is 0.693. The first kappa shape index (κ1) is 16.5. The molecule has 5 aromatic rings. The van der Waals surface area contributed by atoms with Crippen molar-refractivity contribution < 1.29 is 4.74 Å². The molecule has 2 aromatic heterocycles. The van der Waals surface area contributed by atoms with Crippen molar-refractivity contribution >= 4 is 16.8 Å². The zero-order chi connectivity index (χ0) is 19.1. The molecule has 0 aliphatic rings. The maximum absolute atomic E-state index is 5.39. The van der Waals surface area contributed by atoms with Gasteiger partial charge >= 0.3 is 0 Å². The predicted molar refractivity (Wildman–Crippen MR) is 113 cm³/mol. The number of imidazole rings is 1. The van der Waals surface area contributed by atoms with Crippen LogP contribution in [0.3, 0.4) is 0 Å². The molecule has 5 rings (SSSR count). The largest absolute Gasteiger partial charge is 0.497 e. The fourth-order valence-electron chi connectivity index (χ4n) is 3.61. The van der Waals surface area contributed by atoms with Crippen molar-refractivity contribution in [3.63, 3.8) is 0 Å². The van der Waals surface area contributed by atoms with Gasteiger partial charge in [-0.1, -0.05) is 48.0 Å². The molecule has 0 aliphatic heterocycles. The Kier molecular flexibility index (Phi) is 3.83. The molecule has 0 aliphatic carbocycles. The fraction of sp³-hybridized carbons (Fsp3) is 0.0833. The Morgan fingerprint density at radius 1 is 0.786 bits per heavy atom. The van der Waals surface area contributed by atoms with Gasteiger partial charge in [-0.25, -0.2) is 9.97 Å². The highest BCUT2D eigenvalue weighted by molar-refractivity contribution is 5.84. The van der Waals surface area contributed by atoms with Gasteiger partial charge in [-0.3, -0.25) is 4.40 Å². The van der Waals surface area contributed by atoms with Gasteiger partial charge in [-0.05, 0) is 48.9 Å². The third-order valence-electron chi connectivity index (χ3n) is 4.96. The molecule has 0 N–H and O–H groups in total. The molecule has 0 spiro atoms. The van der Waals surface area contributed by atoms with Crippen LogP contribution in [0.5, 0.6) is 5.75 Å². The van der Waals surface area contributed by atoms with Crippen LogP contribution in [0, 0.1) is 6.92 Å². The fourth-order valence-corrected chi connectivity index (χ4v) is 3.61. The summed E-state index contributed by atoms with van der Waals surface area (Å²) < 4.78 is 7.53. The zero-order valence-electron chi connectivity index (χ0n) is 15.8. The topological polar surface area (TPSA) is 39.4 Å². The number of hydrogen-bond donors (Lipinski definition) is 0. The van der Waals surface area contributed by atoms with Gasteiger partial charge < -0.3 is 4.74 Å². The van der Waals surface area contributed by atoms with Crippen molar-refractivity contribution in [2.75, 3.05) is 7.11 Å². The molecule has 2 heterocycles. The number of ether oxygens (including phenoxy) is 1. The Hall–Kier alpha value is -3.66. The van der Waals surface area contributed by atoms with E-state index in [9.17, 15) is 0 Å². The SMILES string of the molecule is COc1cccc(-c2cc(-c3cccc(C)c3)n3c(n2)nc2ccccc23)c1. The average Bonchev–Trinajstić information content (AvgIpc) is 3.11. The molecule has 0 amide bonds. The Balaban J connectivity index is 1.86. The standard InChI is InChI=1S/C24H19N3O/c1-16-7-5-9-18(13-16)23-15-21(17-8-6-10-19(14-17)28-2)26-24-25-20-11-3-4-12-22(20)27(23)24/h3-15H,1-2H3. The summed E-state index contributed by atoms with van der Waals surface area (Å²) in [4.78, 5) is 9.64. The third-order valence-corrected chi connectivity index (χ3v) is 4.96. The summed E-state index contributed by atoms with van der Waals surface area (Å²) in [7, 11) is 1.68. The quantitative estimate of drug-likeness (QED) is 0.422. The van der Waals surface area contributed by atoms with Crippen molar-refractivity contribution in [3.8, 4) is 28.3 Å². The van der Waals surface area contributed by atoms with Gasteiger partial charge in [-0.15, -0.1) is 0 Å². The molecule has 28 heavy (non-hydrogen) atoms. The molecule has 0 saturated carbocycles. The second-order valence-electron chi connectivity index (χ2n) is 6.86. The highest BCUT2D eigenvalue weighted by atomic mass is 16.5. The van der Waals surface area contributed by atoms with Crippen molar-refractivity contribution in [2.45, 2.75) is 6.92 Å². The van der Waals surface area contributed by atoms with Crippen LogP contribution >= 0.6 is 0 Å². The summed E-state index contributed by atoms with van der Waals surface area (Å²) in [5.41, 5.74) is 7.29. The lowest BCUT2D eigenvalue weighted by atomic mass is 10.1. The Morgan fingerprint density at radius 2 is 1.61 bits per heavy atom. The second-order valence-corrected chi connectivity index (χ2v) is 6.86. The van der Waals surface area contributed by atoms with Gasteiger partial charge in [0.25, 0.3) is 0 Å². The summed E-state index contributed by atoms with van der Waals surface area (Å²) >= 11 is 0. The molecular formula is C24H19N3O. The molecule has 0 radical (unpaired) electrons. The van der Waals surface area contributed by atoms with Crippen LogP contribution in [0.1, 0.15) is 5.56 Å². The number of rotatable bonds is 3.